The van der Waals surface area contributed by atoms with E-state index in [2.05, 4.69) is 0 Å². The van der Waals surface area contributed by atoms with Crippen molar-refractivity contribution >= 4 is 60.1 Å². The Morgan fingerprint density at radius 2 is 0.306 bits per heavy atom. The van der Waals surface area contributed by atoms with Crippen molar-refractivity contribution in [3.8, 4) is 0 Å². The van der Waals surface area contributed by atoms with Crippen LogP contribution in [-0.2, 0) is 60.1 Å². The molecule has 0 aromatic heterocycles. The molecule has 0 radical (unpaired) electrons. The van der Waals surface area contributed by atoms with Gasteiger partial charge in [0, 0.05) is 78.5 Å². The Hall–Kier alpha value is -1.80. The number of hydrogen-bond donors (Lipinski definition) is 0. The van der Waals surface area contributed by atoms with Crippen LogP contribution in [0.2, 0.25) is 0 Å². The number of rotatable bonds is 6. The molecule has 372 valence electrons. The van der Waals surface area contributed by atoms with E-state index in [1.807, 2.05) is 0 Å². The van der Waals surface area contributed by atoms with Gasteiger partial charge in [-0.15, -0.1) is 0 Å². The lowest BCUT2D eigenvalue weighted by molar-refractivity contribution is -0.0523. The Bertz CT molecular complexity index is 2070. The Morgan fingerprint density at radius 1 is 0.210 bits per heavy atom. The van der Waals surface area contributed by atoms with E-state index >= 15 is 0 Å². The normalized spacial score (nSPS) is 21.2. The van der Waals surface area contributed by atoms with Gasteiger partial charge in [0.05, 0.1) is 0 Å². The van der Waals surface area contributed by atoms with Crippen LogP contribution in [-0.4, -0.2) is 188 Å². The van der Waals surface area contributed by atoms with Gasteiger partial charge in [0.25, 0.3) is 0 Å². The first-order valence-electron chi connectivity index (χ1n) is 15.5. The van der Waals surface area contributed by atoms with Crippen molar-refractivity contribution in [3.63, 3.8) is 0 Å². The lowest BCUT2D eigenvalue weighted by Crippen LogP contribution is -2.53. The minimum atomic E-state index is -7.15. The van der Waals surface area contributed by atoms with Crippen molar-refractivity contribution in [2.75, 3.05) is 78.5 Å². The third-order valence-electron chi connectivity index (χ3n) is 7.82. The van der Waals surface area contributed by atoms with Crippen LogP contribution in [0.5, 0.6) is 0 Å². The first-order chi connectivity index (χ1) is 27.1. The summed E-state index contributed by atoms with van der Waals surface area (Å²) in [7, 11) is -42.3. The minimum Gasteiger partial charge on any atom is -0.203 e. The molecule has 1 saturated heterocycles. The van der Waals surface area contributed by atoms with E-state index in [1.54, 1.807) is 0 Å². The molecule has 1 heterocycles. The third-order valence-corrected chi connectivity index (χ3v) is 17.6. The van der Waals surface area contributed by atoms with E-state index in [0.717, 1.165) is 0 Å². The Kier molecular flexibility index (Phi) is 18.0. The lowest BCUT2D eigenvalue weighted by Gasteiger charge is -2.32. The molecule has 0 atom stereocenters. The highest BCUT2D eigenvalue weighted by atomic mass is 32.2. The van der Waals surface area contributed by atoms with Crippen LogP contribution in [0.25, 0.3) is 0 Å². The highest BCUT2D eigenvalue weighted by Gasteiger charge is 2.56. The summed E-state index contributed by atoms with van der Waals surface area (Å²) in [5.41, 5.74) is -39.4. The second-order valence-corrected chi connectivity index (χ2v) is 23.4. The van der Waals surface area contributed by atoms with Crippen molar-refractivity contribution in [2.45, 2.75) is 45.9 Å². The zero-order chi connectivity index (χ0) is 49.4. The van der Waals surface area contributed by atoms with Crippen LogP contribution in [0.4, 0.5) is 79.0 Å². The molecule has 0 N–H and O–H groups in total. The van der Waals surface area contributed by atoms with E-state index in [0.29, 0.717) is 0 Å². The first kappa shape index (κ1) is 58.2. The summed E-state index contributed by atoms with van der Waals surface area (Å²) >= 11 is 0. The Balaban J connectivity index is 4.25. The van der Waals surface area contributed by atoms with Crippen LogP contribution >= 0.6 is 0 Å². The molecule has 0 aliphatic carbocycles. The zero-order valence-electron chi connectivity index (χ0n) is 29.7. The second-order valence-electron chi connectivity index (χ2n) is 11.8. The van der Waals surface area contributed by atoms with Crippen molar-refractivity contribution < 1.29 is 130 Å². The van der Waals surface area contributed by atoms with Gasteiger partial charge in [-0.3, -0.25) is 0 Å². The van der Waals surface area contributed by atoms with Gasteiger partial charge in [0.1, 0.15) is 0 Å². The molecule has 0 saturated carbocycles. The average molecular weight is 1080 g/mol. The summed E-state index contributed by atoms with van der Waals surface area (Å²) in [6, 6.07) is 0. The molecule has 1 aliphatic rings. The fourth-order valence-corrected chi connectivity index (χ4v) is 10.5. The van der Waals surface area contributed by atoms with Crippen molar-refractivity contribution in [1.82, 2.24) is 25.8 Å². The summed E-state index contributed by atoms with van der Waals surface area (Å²) in [5, 5.41) is 0. The summed E-state index contributed by atoms with van der Waals surface area (Å²) in [4.78, 5) is 0. The maximum Gasteiger partial charge on any atom is 0.511 e. The zero-order valence-corrected chi connectivity index (χ0v) is 34.6. The number of halogens is 18. The highest BCUT2D eigenvalue weighted by Crippen LogP contribution is 2.34. The smallest absolute Gasteiger partial charge is 0.203 e. The maximum atomic E-state index is 13.6. The molecule has 1 fully saturated rings. The molecule has 1 aliphatic heterocycles. The van der Waals surface area contributed by atoms with Gasteiger partial charge >= 0.3 is 93.2 Å². The third kappa shape index (κ3) is 13.2. The Labute approximate surface area is 339 Å². The van der Waals surface area contributed by atoms with Crippen LogP contribution in [0.15, 0.2) is 0 Å². The SMILES string of the molecule is O=S(=O)(N1CCCN(S(=O)(=O)C(F)(F)F)CCN(S(=O)(=O)C(F)(F)F)CCN(S(=O)(=O)C(F)(F)F)CCN(S(=O)(=O)C(F)(F)F)CCCN(S(=O)(=O)C(F)(F)F)CC1)C(F)(F)F. The summed E-state index contributed by atoms with van der Waals surface area (Å²) < 4.78 is 385. The number of hydrogen-bond acceptors (Lipinski definition) is 12. The average Bonchev–Trinajstić information content (AvgIpc) is 3.03. The standard InChI is InChI=1S/C20H28F18N6O12S6/c21-15(22,23)57(45,46)39-3-1-5-41(59(49,50)17(27,28)29)9-11-43(61(53,54)19(33,34)35)13-14-44(62(55,56)20(36,37)38)12-10-42(60(51,52)18(30,31)32)6-2-4-40(8-7-39)58(47,48)16(24,25)26/h1-14H2. The van der Waals surface area contributed by atoms with E-state index in [4.69, 9.17) is 0 Å². The van der Waals surface area contributed by atoms with E-state index < -0.39 is 210 Å². The molecule has 0 unspecified atom stereocenters. The topological polar surface area (TPSA) is 224 Å². The number of sulfonamides is 6. The molecule has 62 heavy (non-hydrogen) atoms. The van der Waals surface area contributed by atoms with Gasteiger partial charge < -0.3 is 0 Å². The van der Waals surface area contributed by atoms with E-state index in [9.17, 15) is 130 Å². The first-order valence-corrected chi connectivity index (χ1v) is 24.2. The quantitative estimate of drug-likeness (QED) is 0.347. The number of alkyl halides is 18. The van der Waals surface area contributed by atoms with Gasteiger partial charge in [0.15, 0.2) is 0 Å². The van der Waals surface area contributed by atoms with E-state index in [1.165, 1.54) is 0 Å². The molecule has 0 aromatic carbocycles. The largest absolute Gasteiger partial charge is 0.511 e. The molecular weight excluding hydrogens is 1050 g/mol. The van der Waals surface area contributed by atoms with Crippen molar-refractivity contribution in [2.24, 2.45) is 0 Å². The van der Waals surface area contributed by atoms with Gasteiger partial charge in [-0.1, -0.05) is 0 Å². The predicted octanol–water partition coefficient (Wildman–Crippen LogP) is 1.69. The van der Waals surface area contributed by atoms with Crippen LogP contribution in [0.3, 0.4) is 0 Å². The summed E-state index contributed by atoms with van der Waals surface area (Å²) in [6.07, 6.45) is -3.44. The molecule has 0 spiro atoms. The van der Waals surface area contributed by atoms with Crippen LogP contribution in [0.1, 0.15) is 12.8 Å². The van der Waals surface area contributed by atoms with Gasteiger partial charge in [-0.05, 0) is 12.8 Å². The number of nitrogens with zero attached hydrogens (tertiary/aromatic N) is 6. The van der Waals surface area contributed by atoms with Gasteiger partial charge in [-0.25, -0.2) is 50.5 Å². The monoisotopic (exact) mass is 1080 g/mol. The van der Waals surface area contributed by atoms with E-state index in [-0.39, 0.29) is 0 Å². The molecule has 18 nitrogen and oxygen atoms in total. The molecule has 0 bridgehead atoms. The molecule has 0 amide bonds. The van der Waals surface area contributed by atoms with Gasteiger partial charge in [0.2, 0.25) is 0 Å². The molecule has 1 rings (SSSR count). The predicted molar refractivity (Wildman–Crippen MR) is 169 cm³/mol. The van der Waals surface area contributed by atoms with Crippen LogP contribution < -0.4 is 0 Å². The van der Waals surface area contributed by atoms with Crippen LogP contribution in [0, 0.1) is 0 Å². The summed E-state index contributed by atoms with van der Waals surface area (Å²) in [5.74, 6) is 0. The Morgan fingerprint density at radius 3 is 0.403 bits per heavy atom. The molecule has 0 aromatic rings. The molecular formula is C20H28F18N6O12S6. The van der Waals surface area contributed by atoms with Crippen molar-refractivity contribution in [1.29, 1.82) is 0 Å². The lowest BCUT2D eigenvalue weighted by atomic mass is 10.4. The fraction of sp³-hybridized carbons (Fsp3) is 1.00. The summed E-state index contributed by atoms with van der Waals surface area (Å²) in [6.45, 7) is -26.2. The maximum absolute atomic E-state index is 13.6. The highest BCUT2D eigenvalue weighted by molar-refractivity contribution is 7.91. The second kappa shape index (κ2) is 19.2. The van der Waals surface area contributed by atoms with Crippen molar-refractivity contribution in [3.05, 3.63) is 0 Å². The van der Waals surface area contributed by atoms with Gasteiger partial charge in [-0.2, -0.15) is 105 Å². The minimum absolute atomic E-state index is 1.01. The molecule has 42 heteroatoms. The fourth-order valence-electron chi connectivity index (χ4n) is 4.73.